The van der Waals surface area contributed by atoms with Gasteiger partial charge in [0.15, 0.2) is 5.17 Å². The molecule has 0 spiro atoms. The van der Waals surface area contributed by atoms with E-state index in [-0.39, 0.29) is 0 Å². The van der Waals surface area contributed by atoms with Crippen LogP contribution in [0.5, 0.6) is 0 Å². The summed E-state index contributed by atoms with van der Waals surface area (Å²) in [7, 11) is 0. The van der Waals surface area contributed by atoms with Crippen molar-refractivity contribution in [2.24, 2.45) is 10.9 Å². The number of amidine groups is 1. The van der Waals surface area contributed by atoms with Gasteiger partial charge in [0.25, 0.3) is 0 Å². The normalized spacial score (nSPS) is 19.2. The summed E-state index contributed by atoms with van der Waals surface area (Å²) in [6.07, 6.45) is 1.85. The van der Waals surface area contributed by atoms with Crippen molar-refractivity contribution in [3.05, 3.63) is 42.1 Å². The summed E-state index contributed by atoms with van der Waals surface area (Å²) in [6, 6.07) is 10.4. The van der Waals surface area contributed by atoms with Gasteiger partial charge < -0.3 is 5.32 Å². The zero-order valence-corrected chi connectivity index (χ0v) is 11.8. The second kappa shape index (κ2) is 5.61. The first-order valence-electron chi connectivity index (χ1n) is 6.56. The molecule has 0 radical (unpaired) electrons. The SMILES string of the molecule is CC1CN=C(NCc2cccc3cccnc23)SC1. The van der Waals surface area contributed by atoms with E-state index in [0.717, 1.165) is 29.5 Å². The predicted molar refractivity (Wildman–Crippen MR) is 82.5 cm³/mol. The lowest BCUT2D eigenvalue weighted by molar-refractivity contribution is 0.669. The van der Waals surface area contributed by atoms with E-state index in [4.69, 9.17) is 0 Å². The van der Waals surface area contributed by atoms with Crippen molar-refractivity contribution < 1.29 is 0 Å². The number of pyridine rings is 1. The lowest BCUT2D eigenvalue weighted by atomic mass is 10.1. The topological polar surface area (TPSA) is 37.3 Å². The van der Waals surface area contributed by atoms with Gasteiger partial charge in [-0.25, -0.2) is 0 Å². The van der Waals surface area contributed by atoms with Crippen LogP contribution in [-0.4, -0.2) is 22.4 Å². The minimum absolute atomic E-state index is 0.690. The summed E-state index contributed by atoms with van der Waals surface area (Å²) in [5.74, 6) is 1.84. The highest BCUT2D eigenvalue weighted by Crippen LogP contribution is 2.18. The van der Waals surface area contributed by atoms with Gasteiger partial charge in [0.1, 0.15) is 0 Å². The lowest BCUT2D eigenvalue weighted by Gasteiger charge is -2.18. The number of benzene rings is 1. The highest BCUT2D eigenvalue weighted by atomic mass is 32.2. The number of para-hydroxylation sites is 1. The molecular formula is C15H17N3S. The fourth-order valence-electron chi connectivity index (χ4n) is 2.15. The molecule has 1 atom stereocenters. The van der Waals surface area contributed by atoms with E-state index in [0.29, 0.717) is 5.92 Å². The highest BCUT2D eigenvalue weighted by molar-refractivity contribution is 8.13. The van der Waals surface area contributed by atoms with Crippen LogP contribution >= 0.6 is 11.8 Å². The average molecular weight is 271 g/mol. The number of nitrogens with one attached hydrogen (secondary N) is 1. The molecule has 1 aliphatic rings. The number of aliphatic imine (C=N–C) groups is 1. The van der Waals surface area contributed by atoms with E-state index in [1.54, 1.807) is 0 Å². The number of hydrogen-bond acceptors (Lipinski definition) is 4. The van der Waals surface area contributed by atoms with E-state index < -0.39 is 0 Å². The third kappa shape index (κ3) is 2.89. The Balaban J connectivity index is 1.75. The van der Waals surface area contributed by atoms with Crippen molar-refractivity contribution in [1.82, 2.24) is 10.3 Å². The number of rotatable bonds is 2. The second-order valence-electron chi connectivity index (χ2n) is 4.91. The Hall–Kier alpha value is -1.55. The molecule has 0 aliphatic carbocycles. The fraction of sp³-hybridized carbons (Fsp3) is 0.333. The quantitative estimate of drug-likeness (QED) is 0.912. The van der Waals surface area contributed by atoms with Crippen molar-refractivity contribution in [3.8, 4) is 0 Å². The molecule has 2 aromatic rings. The number of aromatic nitrogens is 1. The van der Waals surface area contributed by atoms with E-state index in [1.807, 2.05) is 24.0 Å². The molecule has 1 N–H and O–H groups in total. The van der Waals surface area contributed by atoms with E-state index in [2.05, 4.69) is 46.5 Å². The van der Waals surface area contributed by atoms with Crippen LogP contribution in [0.15, 0.2) is 41.5 Å². The molecule has 1 aliphatic heterocycles. The van der Waals surface area contributed by atoms with Crippen LogP contribution in [0.1, 0.15) is 12.5 Å². The number of fused-ring (bicyclic) bond motifs is 1. The van der Waals surface area contributed by atoms with Gasteiger partial charge in [-0.1, -0.05) is 43.0 Å². The Kier molecular flexibility index (Phi) is 3.69. The monoisotopic (exact) mass is 271 g/mol. The molecule has 0 amide bonds. The van der Waals surface area contributed by atoms with Crippen molar-refractivity contribution >= 4 is 27.8 Å². The van der Waals surface area contributed by atoms with Gasteiger partial charge >= 0.3 is 0 Å². The van der Waals surface area contributed by atoms with Gasteiger partial charge in [-0.05, 0) is 17.5 Å². The van der Waals surface area contributed by atoms with Crippen molar-refractivity contribution in [1.29, 1.82) is 0 Å². The zero-order chi connectivity index (χ0) is 13.1. The molecule has 3 nitrogen and oxygen atoms in total. The molecule has 0 bridgehead atoms. The second-order valence-corrected chi connectivity index (χ2v) is 5.92. The Labute approximate surface area is 117 Å². The fourth-order valence-corrected chi connectivity index (χ4v) is 3.03. The molecule has 0 saturated heterocycles. The maximum absolute atomic E-state index is 4.55. The molecule has 1 unspecified atom stereocenters. The first-order valence-corrected chi connectivity index (χ1v) is 7.55. The molecule has 4 heteroatoms. The summed E-state index contributed by atoms with van der Waals surface area (Å²) in [5.41, 5.74) is 2.30. The third-order valence-corrected chi connectivity index (χ3v) is 4.48. The predicted octanol–water partition coefficient (Wildman–Crippen LogP) is 3.06. The van der Waals surface area contributed by atoms with Crippen molar-refractivity contribution in [2.45, 2.75) is 13.5 Å². The van der Waals surface area contributed by atoms with Crippen LogP contribution in [-0.2, 0) is 6.54 Å². The minimum Gasteiger partial charge on any atom is -0.361 e. The van der Waals surface area contributed by atoms with E-state index in [1.165, 1.54) is 10.9 Å². The van der Waals surface area contributed by atoms with Gasteiger partial charge in [0.05, 0.1) is 5.52 Å². The molecule has 1 aromatic heterocycles. The molecule has 3 rings (SSSR count). The molecule has 98 valence electrons. The maximum atomic E-state index is 4.55. The Bertz CT molecular complexity index is 604. The molecule has 2 heterocycles. The van der Waals surface area contributed by atoms with Crippen LogP contribution in [0.3, 0.4) is 0 Å². The Morgan fingerprint density at radius 3 is 3.05 bits per heavy atom. The first kappa shape index (κ1) is 12.5. The largest absolute Gasteiger partial charge is 0.361 e. The summed E-state index contributed by atoms with van der Waals surface area (Å²) in [6.45, 7) is 3.96. The van der Waals surface area contributed by atoms with Crippen molar-refractivity contribution in [3.63, 3.8) is 0 Å². The van der Waals surface area contributed by atoms with Gasteiger partial charge in [-0.2, -0.15) is 0 Å². The number of thioether (sulfide) groups is 1. The Morgan fingerprint density at radius 1 is 1.32 bits per heavy atom. The van der Waals surface area contributed by atoms with E-state index in [9.17, 15) is 0 Å². The summed E-state index contributed by atoms with van der Waals surface area (Å²) in [4.78, 5) is 9.02. The lowest BCUT2D eigenvalue weighted by Crippen LogP contribution is -2.25. The standard InChI is InChI=1S/C15H17N3S/c1-11-8-17-15(19-10-11)18-9-13-5-2-4-12-6-3-7-16-14(12)13/h2-7,11H,8-10H2,1H3,(H,17,18). The maximum Gasteiger partial charge on any atom is 0.156 e. The first-order chi connectivity index (χ1) is 9.33. The molecule has 1 aromatic carbocycles. The zero-order valence-electron chi connectivity index (χ0n) is 11.0. The molecule has 0 fully saturated rings. The van der Waals surface area contributed by atoms with Crippen LogP contribution in [0.2, 0.25) is 0 Å². The smallest absolute Gasteiger partial charge is 0.156 e. The van der Waals surface area contributed by atoms with Crippen LogP contribution in [0, 0.1) is 5.92 Å². The number of hydrogen-bond donors (Lipinski definition) is 1. The van der Waals surface area contributed by atoms with Gasteiger partial charge in [-0.3, -0.25) is 9.98 Å². The highest BCUT2D eigenvalue weighted by Gasteiger charge is 2.12. The van der Waals surface area contributed by atoms with Crippen LogP contribution < -0.4 is 5.32 Å². The van der Waals surface area contributed by atoms with Crippen molar-refractivity contribution in [2.75, 3.05) is 12.3 Å². The molecular weight excluding hydrogens is 254 g/mol. The average Bonchev–Trinajstić information content (AvgIpc) is 2.47. The van der Waals surface area contributed by atoms with Gasteiger partial charge in [0, 0.05) is 30.4 Å². The minimum atomic E-state index is 0.690. The number of nitrogens with zero attached hydrogens (tertiary/aromatic N) is 2. The van der Waals surface area contributed by atoms with Gasteiger partial charge in [-0.15, -0.1) is 0 Å². The summed E-state index contributed by atoms with van der Waals surface area (Å²) in [5, 5.41) is 5.67. The summed E-state index contributed by atoms with van der Waals surface area (Å²) >= 11 is 1.81. The summed E-state index contributed by atoms with van der Waals surface area (Å²) < 4.78 is 0. The van der Waals surface area contributed by atoms with Crippen LogP contribution in [0.4, 0.5) is 0 Å². The van der Waals surface area contributed by atoms with Crippen LogP contribution in [0.25, 0.3) is 10.9 Å². The molecule has 0 saturated carbocycles. The molecule has 19 heavy (non-hydrogen) atoms. The Morgan fingerprint density at radius 2 is 2.21 bits per heavy atom. The third-order valence-electron chi connectivity index (χ3n) is 3.20. The van der Waals surface area contributed by atoms with Gasteiger partial charge in [0.2, 0.25) is 0 Å². The van der Waals surface area contributed by atoms with E-state index >= 15 is 0 Å².